The maximum absolute atomic E-state index is 13.0. The Morgan fingerprint density at radius 1 is 1.00 bits per heavy atom. The van der Waals surface area contributed by atoms with Crippen LogP contribution in [0.25, 0.3) is 11.1 Å². The molecule has 2 aromatic carbocycles. The van der Waals surface area contributed by atoms with Gasteiger partial charge in [-0.15, -0.1) is 0 Å². The van der Waals surface area contributed by atoms with E-state index in [-0.39, 0.29) is 24.0 Å². The van der Waals surface area contributed by atoms with Gasteiger partial charge in [0.2, 0.25) is 5.91 Å². The van der Waals surface area contributed by atoms with Crippen molar-refractivity contribution in [1.29, 1.82) is 0 Å². The van der Waals surface area contributed by atoms with Crippen molar-refractivity contribution in [3.05, 3.63) is 59.7 Å². The topological polar surface area (TPSA) is 105 Å². The molecule has 2 unspecified atom stereocenters. The van der Waals surface area contributed by atoms with Crippen molar-refractivity contribution in [2.45, 2.75) is 70.4 Å². The molecule has 0 aromatic heterocycles. The van der Waals surface area contributed by atoms with E-state index in [1.165, 1.54) is 0 Å². The van der Waals surface area contributed by atoms with Crippen molar-refractivity contribution in [3.63, 3.8) is 0 Å². The van der Waals surface area contributed by atoms with E-state index in [1.54, 1.807) is 0 Å². The number of benzene rings is 2. The van der Waals surface area contributed by atoms with Crippen LogP contribution >= 0.6 is 0 Å². The van der Waals surface area contributed by atoms with Gasteiger partial charge in [0.1, 0.15) is 12.6 Å². The van der Waals surface area contributed by atoms with Gasteiger partial charge in [-0.3, -0.25) is 9.59 Å². The molecule has 0 bridgehead atoms. The quantitative estimate of drug-likeness (QED) is 0.494. The Kier molecular flexibility index (Phi) is 7.43. The van der Waals surface area contributed by atoms with Crippen molar-refractivity contribution >= 4 is 18.0 Å². The fraction of sp³-hybridized carbons (Fsp3) is 0.464. The molecule has 2 amide bonds. The highest BCUT2D eigenvalue weighted by molar-refractivity contribution is 5.89. The van der Waals surface area contributed by atoms with Crippen molar-refractivity contribution in [2.24, 2.45) is 5.41 Å². The average Bonchev–Trinajstić information content (AvgIpc) is 3.04. The van der Waals surface area contributed by atoms with E-state index in [9.17, 15) is 19.5 Å². The molecule has 0 spiro atoms. The number of aliphatic carboxylic acids is 1. The molecule has 35 heavy (non-hydrogen) atoms. The standard InChI is InChI=1S/C28H34N2O5/c1-28(2)15-9-3-4-14-24(28)30-26(33)23(16-25(31)32)29-27(34)35-17-22-20-12-7-5-10-18(20)19-11-6-8-13-21(19)22/h5-8,10-13,22-24H,3-4,9,14-17H2,1-2H3,(H,29,34)(H,30,33)(H,31,32). The number of carboxylic acids is 1. The Balaban J connectivity index is 1.41. The summed E-state index contributed by atoms with van der Waals surface area (Å²) in [6.07, 6.45) is 3.75. The first-order chi connectivity index (χ1) is 16.8. The van der Waals surface area contributed by atoms with Gasteiger partial charge < -0.3 is 20.5 Å². The number of nitrogens with one attached hydrogen (secondary N) is 2. The summed E-state index contributed by atoms with van der Waals surface area (Å²) < 4.78 is 5.53. The normalized spacial score (nSPS) is 19.5. The van der Waals surface area contributed by atoms with Gasteiger partial charge in [-0.2, -0.15) is 0 Å². The van der Waals surface area contributed by atoms with E-state index in [1.807, 2.05) is 36.4 Å². The lowest BCUT2D eigenvalue weighted by Crippen LogP contribution is -2.53. The average molecular weight is 479 g/mol. The van der Waals surface area contributed by atoms with E-state index >= 15 is 0 Å². The number of carboxylic acid groups (broad SMARTS) is 1. The Bertz CT molecular complexity index is 1050. The number of amides is 2. The molecule has 1 saturated carbocycles. The lowest BCUT2D eigenvalue weighted by atomic mass is 9.80. The summed E-state index contributed by atoms with van der Waals surface area (Å²) >= 11 is 0. The molecule has 2 atom stereocenters. The first kappa shape index (κ1) is 24.8. The van der Waals surface area contributed by atoms with Gasteiger partial charge in [-0.25, -0.2) is 4.79 Å². The first-order valence-corrected chi connectivity index (χ1v) is 12.4. The Morgan fingerprint density at radius 2 is 1.63 bits per heavy atom. The van der Waals surface area contributed by atoms with E-state index in [2.05, 4.69) is 36.6 Å². The van der Waals surface area contributed by atoms with Crippen LogP contribution in [-0.2, 0) is 14.3 Å². The van der Waals surface area contributed by atoms with Crippen molar-refractivity contribution in [2.75, 3.05) is 6.61 Å². The highest BCUT2D eigenvalue weighted by atomic mass is 16.5. The van der Waals surface area contributed by atoms with Crippen LogP contribution in [0.4, 0.5) is 4.79 Å². The highest BCUT2D eigenvalue weighted by Gasteiger charge is 2.35. The van der Waals surface area contributed by atoms with Gasteiger partial charge in [0.25, 0.3) is 0 Å². The zero-order valence-corrected chi connectivity index (χ0v) is 20.4. The number of rotatable bonds is 7. The summed E-state index contributed by atoms with van der Waals surface area (Å²) in [5, 5.41) is 14.9. The van der Waals surface area contributed by atoms with Crippen LogP contribution in [0, 0.1) is 5.41 Å². The SMILES string of the molecule is CC1(C)CCCCCC1NC(=O)C(CC(=O)O)NC(=O)OCC1c2ccccc2-c2ccccc21. The molecule has 0 heterocycles. The summed E-state index contributed by atoms with van der Waals surface area (Å²) in [5.74, 6) is -1.77. The van der Waals surface area contributed by atoms with Gasteiger partial charge in [0.05, 0.1) is 6.42 Å². The van der Waals surface area contributed by atoms with Gasteiger partial charge in [0.15, 0.2) is 0 Å². The summed E-state index contributed by atoms with van der Waals surface area (Å²) in [5.41, 5.74) is 4.30. The van der Waals surface area contributed by atoms with Crippen molar-refractivity contribution in [3.8, 4) is 11.1 Å². The van der Waals surface area contributed by atoms with Crippen LogP contribution in [-0.4, -0.2) is 41.8 Å². The second-order valence-electron chi connectivity index (χ2n) is 10.3. The van der Waals surface area contributed by atoms with Gasteiger partial charge in [0, 0.05) is 12.0 Å². The molecule has 0 aliphatic heterocycles. The molecule has 2 aromatic rings. The third kappa shape index (κ3) is 5.66. The molecule has 7 nitrogen and oxygen atoms in total. The molecule has 186 valence electrons. The smallest absolute Gasteiger partial charge is 0.407 e. The summed E-state index contributed by atoms with van der Waals surface area (Å²) in [4.78, 5) is 37.2. The minimum absolute atomic E-state index is 0.0712. The Labute approximate surface area is 206 Å². The molecule has 1 fully saturated rings. The highest BCUT2D eigenvalue weighted by Crippen LogP contribution is 2.44. The summed E-state index contributed by atoms with van der Waals surface area (Å²) in [6.45, 7) is 4.33. The van der Waals surface area contributed by atoms with Crippen LogP contribution in [0.3, 0.4) is 0 Å². The van der Waals surface area contributed by atoms with Crippen LogP contribution in [0.15, 0.2) is 48.5 Å². The number of fused-ring (bicyclic) bond motifs is 3. The third-order valence-corrected chi connectivity index (χ3v) is 7.40. The lowest BCUT2D eigenvalue weighted by molar-refractivity contribution is -0.140. The van der Waals surface area contributed by atoms with Crippen molar-refractivity contribution < 1.29 is 24.2 Å². The van der Waals surface area contributed by atoms with Crippen LogP contribution < -0.4 is 10.6 Å². The molecular weight excluding hydrogens is 444 g/mol. The molecule has 4 rings (SSSR count). The minimum Gasteiger partial charge on any atom is -0.481 e. The molecule has 7 heteroatoms. The zero-order chi connectivity index (χ0) is 25.0. The van der Waals surface area contributed by atoms with Crippen molar-refractivity contribution in [1.82, 2.24) is 10.6 Å². The van der Waals surface area contributed by atoms with Crippen LogP contribution in [0.1, 0.15) is 69.4 Å². The number of alkyl carbamates (subject to hydrolysis) is 1. The maximum atomic E-state index is 13.0. The predicted octanol–water partition coefficient (Wildman–Crippen LogP) is 4.84. The summed E-state index contributed by atoms with van der Waals surface area (Å²) in [7, 11) is 0. The van der Waals surface area contributed by atoms with E-state index in [0.29, 0.717) is 0 Å². The van der Waals surface area contributed by atoms with Gasteiger partial charge >= 0.3 is 12.1 Å². The number of hydrogen-bond acceptors (Lipinski definition) is 4. The lowest BCUT2D eigenvalue weighted by Gasteiger charge is -2.34. The van der Waals surface area contributed by atoms with Crippen LogP contribution in [0.5, 0.6) is 0 Å². The number of carbonyl (C=O) groups excluding carboxylic acids is 2. The second kappa shape index (κ2) is 10.5. The van der Waals surface area contributed by atoms with E-state index < -0.39 is 30.4 Å². The largest absolute Gasteiger partial charge is 0.481 e. The zero-order valence-electron chi connectivity index (χ0n) is 20.4. The molecule has 2 aliphatic carbocycles. The molecule has 0 radical (unpaired) electrons. The number of ether oxygens (including phenoxy) is 1. The molecule has 2 aliphatic rings. The summed E-state index contributed by atoms with van der Waals surface area (Å²) in [6, 6.07) is 14.8. The Morgan fingerprint density at radius 3 is 2.26 bits per heavy atom. The minimum atomic E-state index is -1.21. The molecule has 0 saturated heterocycles. The third-order valence-electron chi connectivity index (χ3n) is 7.40. The van der Waals surface area contributed by atoms with Crippen LogP contribution in [0.2, 0.25) is 0 Å². The van der Waals surface area contributed by atoms with E-state index in [0.717, 1.165) is 54.4 Å². The van der Waals surface area contributed by atoms with Gasteiger partial charge in [-0.1, -0.05) is 81.6 Å². The number of carbonyl (C=O) groups is 3. The fourth-order valence-electron chi connectivity index (χ4n) is 5.38. The number of hydrogen-bond donors (Lipinski definition) is 3. The monoisotopic (exact) mass is 478 g/mol. The molecular formula is C28H34N2O5. The first-order valence-electron chi connectivity index (χ1n) is 12.4. The fourth-order valence-corrected chi connectivity index (χ4v) is 5.38. The predicted molar refractivity (Wildman–Crippen MR) is 133 cm³/mol. The molecule has 3 N–H and O–H groups in total. The van der Waals surface area contributed by atoms with E-state index in [4.69, 9.17) is 4.74 Å². The second-order valence-corrected chi connectivity index (χ2v) is 10.3. The van der Waals surface area contributed by atoms with Gasteiger partial charge in [-0.05, 0) is 40.5 Å². The maximum Gasteiger partial charge on any atom is 0.407 e. The Hall–Kier alpha value is -3.35.